The first-order valence-electron chi connectivity index (χ1n) is 3.19. The van der Waals surface area contributed by atoms with Crippen LogP contribution in [-0.2, 0) is 6.54 Å². The van der Waals surface area contributed by atoms with E-state index in [0.29, 0.717) is 8.95 Å². The van der Waals surface area contributed by atoms with E-state index in [4.69, 9.17) is 5.11 Å². The van der Waals surface area contributed by atoms with Gasteiger partial charge < -0.3 is 5.11 Å². The fourth-order valence-corrected chi connectivity index (χ4v) is 1.27. The second-order valence-corrected chi connectivity index (χ2v) is 3.71. The Balaban J connectivity index is 3.18. The molecule has 0 saturated carbocycles. The van der Waals surface area contributed by atoms with E-state index in [1.54, 1.807) is 0 Å². The molecular weight excluding hydrogens is 292 g/mol. The summed E-state index contributed by atoms with van der Waals surface area (Å²) in [6, 6.07) is 0. The van der Waals surface area contributed by atoms with Crippen LogP contribution in [0.15, 0.2) is 19.9 Å². The van der Waals surface area contributed by atoms with Crippen LogP contribution in [0.5, 0.6) is 0 Å². The molecule has 0 amide bonds. The van der Waals surface area contributed by atoms with Crippen molar-refractivity contribution in [1.82, 2.24) is 9.78 Å². The van der Waals surface area contributed by atoms with Crippen LogP contribution in [-0.4, -0.2) is 21.5 Å². The first kappa shape index (κ1) is 9.88. The van der Waals surface area contributed by atoms with Crippen molar-refractivity contribution in [3.05, 3.63) is 25.5 Å². The zero-order chi connectivity index (χ0) is 9.14. The molecule has 12 heavy (non-hydrogen) atoms. The Morgan fingerprint density at radius 3 is 2.83 bits per heavy atom. The zero-order valence-corrected chi connectivity index (χ0v) is 9.17. The average Bonchev–Trinajstić information content (AvgIpc) is 2.07. The van der Waals surface area contributed by atoms with Crippen molar-refractivity contribution >= 4 is 31.9 Å². The maximum Gasteiger partial charge on any atom is 0.282 e. The molecule has 0 fully saturated rings. The number of rotatable bonds is 2. The molecule has 0 atom stereocenters. The third-order valence-corrected chi connectivity index (χ3v) is 3.15. The molecular formula is C6H6Br2N2O2. The molecule has 4 nitrogen and oxygen atoms in total. The van der Waals surface area contributed by atoms with Crippen LogP contribution >= 0.6 is 31.9 Å². The third-order valence-electron chi connectivity index (χ3n) is 1.25. The molecule has 0 saturated heterocycles. The van der Waals surface area contributed by atoms with Crippen LogP contribution in [0.4, 0.5) is 0 Å². The summed E-state index contributed by atoms with van der Waals surface area (Å²) in [5.41, 5.74) is -0.251. The van der Waals surface area contributed by atoms with Crippen LogP contribution in [0.2, 0.25) is 0 Å². The zero-order valence-electron chi connectivity index (χ0n) is 6.00. The molecule has 1 rings (SSSR count). The summed E-state index contributed by atoms with van der Waals surface area (Å²) in [5.74, 6) is 0. The third kappa shape index (κ3) is 1.94. The topological polar surface area (TPSA) is 55.1 Å². The van der Waals surface area contributed by atoms with Crippen LogP contribution in [0.25, 0.3) is 0 Å². The summed E-state index contributed by atoms with van der Waals surface area (Å²) in [6.45, 7) is 0.117. The monoisotopic (exact) mass is 296 g/mol. The lowest BCUT2D eigenvalue weighted by Gasteiger charge is -2.02. The number of nitrogens with zero attached hydrogens (tertiary/aromatic N) is 2. The van der Waals surface area contributed by atoms with Gasteiger partial charge in [0.15, 0.2) is 0 Å². The molecule has 0 aliphatic rings. The van der Waals surface area contributed by atoms with Gasteiger partial charge >= 0.3 is 0 Å². The molecule has 0 aromatic carbocycles. The lowest BCUT2D eigenvalue weighted by Crippen LogP contribution is -2.24. The van der Waals surface area contributed by atoms with Gasteiger partial charge in [0.25, 0.3) is 5.56 Å². The standard InChI is InChI=1S/C6H6Br2N2O2/c7-4-3-9-10(1-2-11)6(12)5(4)8/h3,11H,1-2H2. The van der Waals surface area contributed by atoms with Gasteiger partial charge in [0.05, 0.1) is 23.8 Å². The van der Waals surface area contributed by atoms with Crippen LogP contribution in [0.3, 0.4) is 0 Å². The van der Waals surface area contributed by atoms with Crippen molar-refractivity contribution in [3.8, 4) is 0 Å². The molecule has 0 aliphatic heterocycles. The summed E-state index contributed by atoms with van der Waals surface area (Å²) >= 11 is 6.24. The Labute approximate surface area is 85.5 Å². The van der Waals surface area contributed by atoms with Crippen molar-refractivity contribution in [2.45, 2.75) is 6.54 Å². The predicted octanol–water partition coefficient (Wildman–Crippen LogP) is 0.761. The van der Waals surface area contributed by atoms with E-state index in [9.17, 15) is 4.79 Å². The number of aliphatic hydroxyl groups is 1. The molecule has 0 spiro atoms. The van der Waals surface area contributed by atoms with Gasteiger partial charge in [0.1, 0.15) is 4.47 Å². The number of aliphatic hydroxyl groups excluding tert-OH is 1. The highest BCUT2D eigenvalue weighted by molar-refractivity contribution is 9.13. The van der Waals surface area contributed by atoms with Gasteiger partial charge in [-0.2, -0.15) is 5.10 Å². The van der Waals surface area contributed by atoms with Gasteiger partial charge in [-0.3, -0.25) is 4.79 Å². The molecule has 0 aliphatic carbocycles. The van der Waals surface area contributed by atoms with Crippen LogP contribution < -0.4 is 5.56 Å². The summed E-state index contributed by atoms with van der Waals surface area (Å²) in [6.07, 6.45) is 1.50. The highest BCUT2D eigenvalue weighted by atomic mass is 79.9. The van der Waals surface area contributed by atoms with Gasteiger partial charge in [-0.1, -0.05) is 0 Å². The van der Waals surface area contributed by atoms with Crippen LogP contribution in [0.1, 0.15) is 0 Å². The largest absolute Gasteiger partial charge is 0.394 e. The first-order chi connectivity index (χ1) is 5.66. The summed E-state index contributed by atoms with van der Waals surface area (Å²) < 4.78 is 2.22. The SMILES string of the molecule is O=c1c(Br)c(Br)cnn1CCO. The predicted molar refractivity (Wildman–Crippen MR) is 51.0 cm³/mol. The van der Waals surface area contributed by atoms with Crippen molar-refractivity contribution < 1.29 is 5.11 Å². The summed E-state index contributed by atoms with van der Waals surface area (Å²) in [7, 11) is 0. The highest BCUT2D eigenvalue weighted by Crippen LogP contribution is 2.16. The van der Waals surface area contributed by atoms with Crippen molar-refractivity contribution in [2.24, 2.45) is 0 Å². The Kier molecular flexibility index (Phi) is 3.42. The lowest BCUT2D eigenvalue weighted by molar-refractivity contribution is 0.266. The maximum absolute atomic E-state index is 11.3. The van der Waals surface area contributed by atoms with E-state index in [0.717, 1.165) is 0 Å². The van der Waals surface area contributed by atoms with E-state index in [1.165, 1.54) is 10.9 Å². The molecule has 0 bridgehead atoms. The highest BCUT2D eigenvalue weighted by Gasteiger charge is 2.04. The second kappa shape index (κ2) is 4.15. The molecule has 1 aromatic rings. The first-order valence-corrected chi connectivity index (χ1v) is 4.77. The normalized spacial score (nSPS) is 10.2. The summed E-state index contributed by atoms with van der Waals surface area (Å²) in [5, 5.41) is 12.4. The van der Waals surface area contributed by atoms with Crippen LogP contribution in [0, 0.1) is 0 Å². The van der Waals surface area contributed by atoms with E-state index in [2.05, 4.69) is 37.0 Å². The number of halogens is 2. The number of hydrogen-bond donors (Lipinski definition) is 1. The van der Waals surface area contributed by atoms with Crippen molar-refractivity contribution in [1.29, 1.82) is 0 Å². The van der Waals surface area contributed by atoms with Crippen molar-refractivity contribution in [2.75, 3.05) is 6.61 Å². The van der Waals surface area contributed by atoms with Gasteiger partial charge in [-0.25, -0.2) is 4.68 Å². The molecule has 66 valence electrons. The molecule has 0 unspecified atom stereocenters. The maximum atomic E-state index is 11.3. The molecule has 1 aromatic heterocycles. The molecule has 1 heterocycles. The minimum absolute atomic E-state index is 0.0963. The number of aromatic nitrogens is 2. The second-order valence-electron chi connectivity index (χ2n) is 2.06. The van der Waals surface area contributed by atoms with Crippen molar-refractivity contribution in [3.63, 3.8) is 0 Å². The number of hydrogen-bond acceptors (Lipinski definition) is 3. The molecule has 0 radical (unpaired) electrons. The van der Waals surface area contributed by atoms with Gasteiger partial charge in [-0.05, 0) is 31.9 Å². The average molecular weight is 298 g/mol. The minimum Gasteiger partial charge on any atom is -0.394 e. The quantitative estimate of drug-likeness (QED) is 0.877. The molecule has 1 N–H and O–H groups in total. The van der Waals surface area contributed by atoms with E-state index >= 15 is 0 Å². The Bertz CT molecular complexity index is 337. The van der Waals surface area contributed by atoms with Gasteiger partial charge in [0.2, 0.25) is 0 Å². The van der Waals surface area contributed by atoms with E-state index < -0.39 is 0 Å². The fraction of sp³-hybridized carbons (Fsp3) is 0.333. The Morgan fingerprint density at radius 1 is 1.58 bits per heavy atom. The Hall–Kier alpha value is -0.200. The fourth-order valence-electron chi connectivity index (χ4n) is 0.699. The minimum atomic E-state index is -0.251. The van der Waals surface area contributed by atoms with Gasteiger partial charge in [0, 0.05) is 0 Å². The smallest absolute Gasteiger partial charge is 0.282 e. The summed E-state index contributed by atoms with van der Waals surface area (Å²) in [4.78, 5) is 11.3. The Morgan fingerprint density at radius 2 is 2.25 bits per heavy atom. The lowest BCUT2D eigenvalue weighted by atomic mass is 10.5. The molecule has 6 heteroatoms. The van der Waals surface area contributed by atoms with E-state index in [-0.39, 0.29) is 18.7 Å². The van der Waals surface area contributed by atoms with Gasteiger partial charge in [-0.15, -0.1) is 0 Å². The van der Waals surface area contributed by atoms with E-state index in [1.807, 2.05) is 0 Å².